The van der Waals surface area contributed by atoms with Crippen LogP contribution in [-0.4, -0.2) is 24.1 Å². The summed E-state index contributed by atoms with van der Waals surface area (Å²) in [6.07, 6.45) is 0.500. The Kier molecular flexibility index (Phi) is 6.63. The first kappa shape index (κ1) is 20.1. The third-order valence-corrected chi connectivity index (χ3v) is 4.38. The Labute approximate surface area is 167 Å². The Balaban J connectivity index is 1.58. The molecule has 0 aliphatic carbocycles. The highest BCUT2D eigenvalue weighted by Crippen LogP contribution is 2.16. The van der Waals surface area contributed by atoms with E-state index in [0.29, 0.717) is 17.5 Å². The zero-order chi connectivity index (χ0) is 20.6. The van der Waals surface area contributed by atoms with Gasteiger partial charge >= 0.3 is 5.97 Å². The van der Waals surface area contributed by atoms with Crippen molar-refractivity contribution in [1.29, 1.82) is 0 Å². The van der Waals surface area contributed by atoms with Gasteiger partial charge in [0.15, 0.2) is 11.6 Å². The number of hydrogen-bond donors (Lipinski definition) is 0. The summed E-state index contributed by atoms with van der Waals surface area (Å²) >= 11 is 0. The van der Waals surface area contributed by atoms with Crippen molar-refractivity contribution in [2.75, 3.05) is 6.61 Å². The predicted molar refractivity (Wildman–Crippen MR) is 107 cm³/mol. The summed E-state index contributed by atoms with van der Waals surface area (Å²) < 4.78 is 18.2. The molecule has 29 heavy (non-hydrogen) atoms. The van der Waals surface area contributed by atoms with E-state index in [0.717, 1.165) is 0 Å². The molecule has 0 saturated carbocycles. The lowest BCUT2D eigenvalue weighted by molar-refractivity contribution is 0.0491. The van der Waals surface area contributed by atoms with Crippen LogP contribution in [0.25, 0.3) is 0 Å². The number of ketones is 2. The second-order valence-electron chi connectivity index (χ2n) is 6.41. The highest BCUT2D eigenvalue weighted by Gasteiger charge is 2.19. The summed E-state index contributed by atoms with van der Waals surface area (Å²) in [5.41, 5.74) is 1.35. The first-order valence-electron chi connectivity index (χ1n) is 9.21. The zero-order valence-corrected chi connectivity index (χ0v) is 15.6. The van der Waals surface area contributed by atoms with Crippen molar-refractivity contribution in [3.8, 4) is 0 Å². The molecule has 5 heteroatoms. The van der Waals surface area contributed by atoms with E-state index in [1.807, 2.05) is 6.07 Å². The highest BCUT2D eigenvalue weighted by atomic mass is 19.1. The zero-order valence-electron chi connectivity index (χ0n) is 15.6. The van der Waals surface area contributed by atoms with Crippen LogP contribution in [0.3, 0.4) is 0 Å². The molecule has 3 aromatic rings. The molecule has 3 rings (SSSR count). The van der Waals surface area contributed by atoms with Crippen LogP contribution in [0.1, 0.15) is 49.5 Å². The molecule has 0 spiro atoms. The van der Waals surface area contributed by atoms with Crippen LogP contribution in [0.5, 0.6) is 0 Å². The van der Waals surface area contributed by atoms with Gasteiger partial charge in [0.1, 0.15) is 5.82 Å². The fourth-order valence-corrected chi connectivity index (χ4v) is 2.86. The Morgan fingerprint density at radius 1 is 0.724 bits per heavy atom. The van der Waals surface area contributed by atoms with Crippen LogP contribution < -0.4 is 0 Å². The normalized spacial score (nSPS) is 10.4. The standard InChI is InChI=1S/C24H19FO4/c25-19-14-12-17(13-15-19)22(26)11-6-16-29-24(28)21-10-5-4-9-20(21)23(27)18-7-2-1-3-8-18/h1-5,7-10,12-15H,6,11,16H2. The SMILES string of the molecule is O=C(CCCOC(=O)c1ccccc1C(=O)c1ccccc1)c1ccc(F)cc1. The van der Waals surface area contributed by atoms with Gasteiger partial charge < -0.3 is 4.74 Å². The highest BCUT2D eigenvalue weighted by molar-refractivity contribution is 6.14. The van der Waals surface area contributed by atoms with Gasteiger partial charge in [0.25, 0.3) is 0 Å². The topological polar surface area (TPSA) is 60.4 Å². The molecular formula is C24H19FO4. The molecule has 0 saturated heterocycles. The smallest absolute Gasteiger partial charge is 0.338 e. The molecule has 3 aromatic carbocycles. The maximum absolute atomic E-state index is 12.9. The molecule has 0 N–H and O–H groups in total. The van der Waals surface area contributed by atoms with E-state index in [4.69, 9.17) is 4.74 Å². The summed E-state index contributed by atoms with van der Waals surface area (Å²) in [6, 6.07) is 20.5. The first-order chi connectivity index (χ1) is 14.1. The van der Waals surface area contributed by atoms with Gasteiger partial charge in [-0.25, -0.2) is 9.18 Å². The average Bonchev–Trinajstić information content (AvgIpc) is 2.77. The van der Waals surface area contributed by atoms with Crippen molar-refractivity contribution in [1.82, 2.24) is 0 Å². The van der Waals surface area contributed by atoms with Crippen molar-refractivity contribution in [3.63, 3.8) is 0 Å². The van der Waals surface area contributed by atoms with Gasteiger partial charge in [-0.1, -0.05) is 48.5 Å². The maximum atomic E-state index is 12.9. The van der Waals surface area contributed by atoms with Crippen LogP contribution in [-0.2, 0) is 4.74 Å². The van der Waals surface area contributed by atoms with E-state index in [1.165, 1.54) is 24.3 Å². The molecule has 0 aliphatic heterocycles. The summed E-state index contributed by atoms with van der Waals surface area (Å²) in [5.74, 6) is -1.43. The van der Waals surface area contributed by atoms with Crippen molar-refractivity contribution in [2.24, 2.45) is 0 Å². The monoisotopic (exact) mass is 390 g/mol. The summed E-state index contributed by atoms with van der Waals surface area (Å²) in [7, 11) is 0. The molecule has 0 aromatic heterocycles. The van der Waals surface area contributed by atoms with Crippen LogP contribution >= 0.6 is 0 Å². The van der Waals surface area contributed by atoms with Gasteiger partial charge in [-0.2, -0.15) is 0 Å². The quantitative estimate of drug-likeness (QED) is 0.313. The Morgan fingerprint density at radius 3 is 2.03 bits per heavy atom. The minimum Gasteiger partial charge on any atom is -0.462 e. The van der Waals surface area contributed by atoms with Gasteiger partial charge in [-0.15, -0.1) is 0 Å². The molecular weight excluding hydrogens is 371 g/mol. The summed E-state index contributed by atoms with van der Waals surface area (Å²) in [4.78, 5) is 37.2. The largest absolute Gasteiger partial charge is 0.462 e. The van der Waals surface area contributed by atoms with Gasteiger partial charge in [-0.05, 0) is 36.8 Å². The van der Waals surface area contributed by atoms with Crippen molar-refractivity contribution in [3.05, 3.63) is 107 Å². The maximum Gasteiger partial charge on any atom is 0.338 e. The van der Waals surface area contributed by atoms with Crippen LogP contribution in [0.15, 0.2) is 78.9 Å². The molecule has 0 radical (unpaired) electrons. The third kappa shape index (κ3) is 5.23. The number of carbonyl (C=O) groups excluding carboxylic acids is 3. The number of rotatable bonds is 8. The molecule has 0 fully saturated rings. The summed E-state index contributed by atoms with van der Waals surface area (Å²) in [5, 5.41) is 0. The van der Waals surface area contributed by atoms with E-state index in [9.17, 15) is 18.8 Å². The number of ether oxygens (including phenoxy) is 1. The van der Waals surface area contributed by atoms with E-state index < -0.39 is 11.8 Å². The molecule has 0 atom stereocenters. The molecule has 0 unspecified atom stereocenters. The van der Waals surface area contributed by atoms with E-state index in [-0.39, 0.29) is 35.7 Å². The van der Waals surface area contributed by atoms with Crippen LogP contribution in [0, 0.1) is 5.82 Å². The van der Waals surface area contributed by atoms with Crippen molar-refractivity contribution < 1.29 is 23.5 Å². The van der Waals surface area contributed by atoms with Crippen molar-refractivity contribution >= 4 is 17.5 Å². The Bertz CT molecular complexity index is 1010. The molecule has 146 valence electrons. The van der Waals surface area contributed by atoms with Crippen LogP contribution in [0.4, 0.5) is 4.39 Å². The lowest BCUT2D eigenvalue weighted by Gasteiger charge is -2.09. The Hall–Kier alpha value is -3.60. The average molecular weight is 390 g/mol. The Morgan fingerprint density at radius 2 is 1.34 bits per heavy atom. The van der Waals surface area contributed by atoms with Gasteiger partial charge in [0.05, 0.1) is 12.2 Å². The fraction of sp³-hybridized carbons (Fsp3) is 0.125. The van der Waals surface area contributed by atoms with Crippen molar-refractivity contribution in [2.45, 2.75) is 12.8 Å². The third-order valence-electron chi connectivity index (χ3n) is 4.38. The van der Waals surface area contributed by atoms with E-state index in [2.05, 4.69) is 0 Å². The number of benzene rings is 3. The molecule has 4 nitrogen and oxygen atoms in total. The molecule has 0 bridgehead atoms. The first-order valence-corrected chi connectivity index (χ1v) is 9.21. The number of Topliss-reactive ketones (excluding diaryl/α,β-unsaturated/α-hetero) is 1. The van der Waals surface area contributed by atoms with Gasteiger partial charge in [-0.3, -0.25) is 9.59 Å². The van der Waals surface area contributed by atoms with Gasteiger partial charge in [0.2, 0.25) is 0 Å². The molecule has 0 aliphatic rings. The second-order valence-corrected chi connectivity index (χ2v) is 6.41. The fourth-order valence-electron chi connectivity index (χ4n) is 2.86. The molecule has 0 amide bonds. The number of carbonyl (C=O) groups is 3. The minimum atomic E-state index is -0.612. The predicted octanol–water partition coefficient (Wildman–Crippen LogP) is 4.88. The summed E-state index contributed by atoms with van der Waals surface area (Å²) in [6.45, 7) is 0.0413. The van der Waals surface area contributed by atoms with E-state index in [1.54, 1.807) is 48.5 Å². The number of esters is 1. The lowest BCUT2D eigenvalue weighted by atomic mass is 9.98. The number of halogens is 1. The van der Waals surface area contributed by atoms with Crippen LogP contribution in [0.2, 0.25) is 0 Å². The second kappa shape index (κ2) is 9.55. The minimum absolute atomic E-state index is 0.0413. The van der Waals surface area contributed by atoms with E-state index >= 15 is 0 Å². The van der Waals surface area contributed by atoms with Gasteiger partial charge in [0, 0.05) is 23.1 Å². The molecule has 0 heterocycles. The number of hydrogen-bond acceptors (Lipinski definition) is 4. The lowest BCUT2D eigenvalue weighted by Crippen LogP contribution is -2.13.